The van der Waals surface area contributed by atoms with E-state index in [0.29, 0.717) is 5.56 Å². The summed E-state index contributed by atoms with van der Waals surface area (Å²) in [6, 6.07) is 10.4. The summed E-state index contributed by atoms with van der Waals surface area (Å²) in [5.41, 5.74) is -0.798. The molecule has 0 bridgehead atoms. The minimum atomic E-state index is -1.95. The van der Waals surface area contributed by atoms with Crippen molar-refractivity contribution in [2.75, 3.05) is 19.8 Å². The van der Waals surface area contributed by atoms with Crippen molar-refractivity contribution in [1.82, 2.24) is 0 Å². The van der Waals surface area contributed by atoms with Gasteiger partial charge in [0.25, 0.3) is 0 Å². The number of aromatic hydroxyl groups is 3. The zero-order valence-corrected chi connectivity index (χ0v) is 34.0. The zero-order chi connectivity index (χ0) is 47.7. The van der Waals surface area contributed by atoms with E-state index in [1.165, 1.54) is 30.3 Å². The molecule has 0 aromatic heterocycles. The Bertz CT molecular complexity index is 2380. The van der Waals surface area contributed by atoms with Crippen LogP contribution in [0, 0.1) is 0 Å². The smallest absolute Gasteiger partial charge is 0.330 e. The third-order valence-electron chi connectivity index (χ3n) is 10.9. The second kappa shape index (κ2) is 20.0. The van der Waals surface area contributed by atoms with E-state index < -0.39 is 146 Å². The number of rotatable bonds is 13. The van der Waals surface area contributed by atoms with E-state index >= 15 is 0 Å². The highest BCUT2D eigenvalue weighted by Crippen LogP contribution is 2.42. The second-order valence-electron chi connectivity index (χ2n) is 15.4. The molecule has 15 atom stereocenters. The maximum Gasteiger partial charge on any atom is 0.330 e. The lowest BCUT2D eigenvalue weighted by Gasteiger charge is -2.40. The summed E-state index contributed by atoms with van der Waals surface area (Å²) in [5, 5.41) is 144. The fraction of sp³-hybridized carbons (Fsp3) is 0.429. The highest BCUT2D eigenvalue weighted by Gasteiger charge is 2.48. The molecule has 3 fully saturated rings. The van der Waals surface area contributed by atoms with Crippen molar-refractivity contribution < 1.29 is 114 Å². The lowest BCUT2D eigenvalue weighted by molar-refractivity contribution is -0.278. The summed E-state index contributed by atoms with van der Waals surface area (Å²) in [6.45, 7) is -2.29. The zero-order valence-electron chi connectivity index (χ0n) is 34.0. The monoisotopic (exact) mass is 934 g/mol. The topological polar surface area (TPSA) is 395 Å². The fourth-order valence-electron chi connectivity index (χ4n) is 7.15. The number of ether oxygens (including phenoxy) is 7. The van der Waals surface area contributed by atoms with Crippen molar-refractivity contribution in [2.24, 2.45) is 0 Å². The van der Waals surface area contributed by atoms with Gasteiger partial charge >= 0.3 is 5.97 Å². The fourth-order valence-corrected chi connectivity index (χ4v) is 7.15. The predicted octanol–water partition coefficient (Wildman–Crippen LogP) is -3.67. The van der Waals surface area contributed by atoms with Crippen LogP contribution in [0.4, 0.5) is 0 Å². The van der Waals surface area contributed by atoms with E-state index in [4.69, 9.17) is 37.6 Å². The van der Waals surface area contributed by atoms with E-state index in [1.807, 2.05) is 0 Å². The molecule has 3 saturated heterocycles. The van der Waals surface area contributed by atoms with Gasteiger partial charge in [0.15, 0.2) is 39.9 Å². The molecule has 2 aromatic carbocycles. The highest BCUT2D eigenvalue weighted by molar-refractivity contribution is 5.87. The van der Waals surface area contributed by atoms with Crippen molar-refractivity contribution >= 4 is 12.0 Å². The van der Waals surface area contributed by atoms with Crippen LogP contribution in [0.25, 0.3) is 28.7 Å². The van der Waals surface area contributed by atoms with E-state index in [-0.39, 0.29) is 34.1 Å². The Morgan fingerprint density at radius 3 is 1.71 bits per heavy atom. The lowest BCUT2D eigenvalue weighted by atomic mass is 9.99. The molecule has 7 rings (SSSR count). The molecule has 0 amide bonds. The maximum absolute atomic E-state index is 13.7. The van der Waals surface area contributed by atoms with Gasteiger partial charge < -0.3 is 109 Å². The van der Waals surface area contributed by atoms with Gasteiger partial charge in [-0.25, -0.2) is 4.79 Å². The van der Waals surface area contributed by atoms with Crippen molar-refractivity contribution in [3.05, 3.63) is 76.5 Å². The molecule has 14 N–H and O–H groups in total. The van der Waals surface area contributed by atoms with Gasteiger partial charge in [-0.3, -0.25) is 4.79 Å². The third kappa shape index (κ3) is 10.0. The first-order chi connectivity index (χ1) is 31.4. The number of esters is 1. The molecule has 4 aliphatic heterocycles. The van der Waals surface area contributed by atoms with Crippen LogP contribution in [0.3, 0.4) is 0 Å². The largest absolute Gasteiger partial charge is 0.504 e. The van der Waals surface area contributed by atoms with Crippen LogP contribution in [0.15, 0.2) is 69.9 Å². The van der Waals surface area contributed by atoms with Crippen LogP contribution in [0.5, 0.6) is 34.5 Å². The molecule has 0 unspecified atom stereocenters. The molecular formula is C42H46O24. The van der Waals surface area contributed by atoms with Gasteiger partial charge in [0.1, 0.15) is 91.4 Å². The minimum absolute atomic E-state index is 0.0516. The SMILES string of the molecule is O=C(C=Cc1ccc(O)c(O)c1)OC[C@H]1O[C@@H](Oc2cc3oc(-c4ccc(O)c(O[C@@H]5O[C@H](CO)[C@@H](O)[C@H](O)[C@H]5O)c4)c(O[C@@H]4O[C@H](CO)[C@@H](O)[C@H](O)[C@H]4O)cc-3c(=O)c2)[C@H](O)[C@@H](O)[C@@H]1O. The molecule has 0 spiro atoms. The van der Waals surface area contributed by atoms with Gasteiger partial charge in [0, 0.05) is 23.8 Å². The Labute approximate surface area is 371 Å². The minimum Gasteiger partial charge on any atom is -0.504 e. The van der Waals surface area contributed by atoms with Crippen LogP contribution >= 0.6 is 0 Å². The normalized spacial score (nSPS) is 32.6. The summed E-state index contributed by atoms with van der Waals surface area (Å²) < 4.78 is 45.1. The average Bonchev–Trinajstić information content (AvgIpc) is 3.30. The summed E-state index contributed by atoms with van der Waals surface area (Å²) >= 11 is 0. The Balaban J connectivity index is 1.18. The van der Waals surface area contributed by atoms with Crippen LogP contribution in [-0.2, 0) is 23.7 Å². The summed E-state index contributed by atoms with van der Waals surface area (Å²) in [4.78, 5) is 26.1. The summed E-state index contributed by atoms with van der Waals surface area (Å²) in [5.74, 6) is -4.11. The number of hydrogen-bond donors (Lipinski definition) is 14. The molecular weight excluding hydrogens is 888 g/mol. The van der Waals surface area contributed by atoms with Crippen LogP contribution < -0.4 is 19.6 Å². The number of hydrogen-bond acceptors (Lipinski definition) is 24. The van der Waals surface area contributed by atoms with Crippen LogP contribution in [0.2, 0.25) is 0 Å². The summed E-state index contributed by atoms with van der Waals surface area (Å²) in [6.07, 6.45) is -24.3. The first-order valence-corrected chi connectivity index (χ1v) is 20.0. The number of carbonyl (C=O) groups is 1. The quantitative estimate of drug-likeness (QED) is 0.0349. The molecule has 5 aliphatic rings. The second-order valence-corrected chi connectivity index (χ2v) is 15.4. The molecule has 1 aliphatic carbocycles. The third-order valence-corrected chi connectivity index (χ3v) is 10.9. The van der Waals surface area contributed by atoms with Crippen LogP contribution in [-0.4, -0.2) is 189 Å². The Hall–Kier alpha value is -5.68. The average molecular weight is 935 g/mol. The van der Waals surface area contributed by atoms with Crippen molar-refractivity contribution in [3.63, 3.8) is 0 Å². The van der Waals surface area contributed by atoms with Gasteiger partial charge in [-0.05, 0) is 48.0 Å². The standard InChI is InChI=1S/C42H46O24/c43-12-26-30(50)33(53)37(57)41(64-26)62-24-8-16(3-5-20(24)46)39-25(63-42-38(58)34(54)31(51)27(13-44)65-42)11-18-21(47)9-17(10-23(18)61-39)60-40-36(56)35(55)32(52)28(66-40)14-59-29(49)6-2-15-1-4-19(45)22(48)7-15/h1-11,26-28,30-38,40-46,48,50-58H,12-14H2/t26-,27-,28-,30-,31-,32-,33+,34+,35+,36-,37-,38-,40-,41-,42-/m1/s1. The van der Waals surface area contributed by atoms with Gasteiger partial charge in [0.05, 0.1) is 18.8 Å². The van der Waals surface area contributed by atoms with Gasteiger partial charge in [-0.15, -0.1) is 0 Å². The van der Waals surface area contributed by atoms with Crippen LogP contribution in [0.1, 0.15) is 5.56 Å². The lowest BCUT2D eigenvalue weighted by Crippen LogP contribution is -2.60. The number of phenolic OH excluding ortho intramolecular Hbond substituents is 3. The van der Waals surface area contributed by atoms with E-state index in [9.17, 15) is 81.1 Å². The van der Waals surface area contributed by atoms with Gasteiger partial charge in [-0.1, -0.05) is 6.07 Å². The first-order valence-electron chi connectivity index (χ1n) is 20.0. The van der Waals surface area contributed by atoms with E-state index in [0.717, 1.165) is 36.4 Å². The molecule has 24 nitrogen and oxygen atoms in total. The maximum atomic E-state index is 13.7. The van der Waals surface area contributed by atoms with E-state index in [1.54, 1.807) is 0 Å². The Kier molecular flexibility index (Phi) is 14.7. The molecule has 4 heterocycles. The first kappa shape index (κ1) is 48.3. The number of fused-ring (bicyclic) bond motifs is 1. The van der Waals surface area contributed by atoms with Crippen molar-refractivity contribution in [2.45, 2.75) is 92.1 Å². The van der Waals surface area contributed by atoms with Crippen molar-refractivity contribution in [1.29, 1.82) is 0 Å². The predicted molar refractivity (Wildman–Crippen MR) is 215 cm³/mol. The molecule has 0 radical (unpaired) electrons. The molecule has 66 heavy (non-hydrogen) atoms. The summed E-state index contributed by atoms with van der Waals surface area (Å²) in [7, 11) is 0. The molecule has 358 valence electrons. The molecule has 2 aromatic rings. The number of carbonyl (C=O) groups excluding carboxylic acids is 1. The van der Waals surface area contributed by atoms with Gasteiger partial charge in [0.2, 0.25) is 18.9 Å². The Morgan fingerprint density at radius 1 is 0.576 bits per heavy atom. The molecule has 0 saturated carbocycles. The number of phenols is 3. The molecule has 24 heteroatoms. The number of aliphatic hydroxyl groups excluding tert-OH is 11. The number of benzene rings is 3. The van der Waals surface area contributed by atoms with E-state index in [2.05, 4.69) is 0 Å². The van der Waals surface area contributed by atoms with Gasteiger partial charge in [-0.2, -0.15) is 0 Å². The Morgan fingerprint density at radius 2 is 1.12 bits per heavy atom. The highest BCUT2D eigenvalue weighted by atomic mass is 16.7. The number of aliphatic hydroxyl groups is 11. The van der Waals surface area contributed by atoms with Crippen molar-refractivity contribution in [3.8, 4) is 57.1 Å².